The zero-order valence-corrected chi connectivity index (χ0v) is 19.4. The van der Waals surface area contributed by atoms with Crippen LogP contribution in [0.15, 0.2) is 53.4 Å². The molecule has 1 aliphatic rings. The van der Waals surface area contributed by atoms with E-state index in [9.17, 15) is 22.8 Å². The fourth-order valence-electron chi connectivity index (χ4n) is 3.72. The highest BCUT2D eigenvalue weighted by Gasteiger charge is 2.26. The second kappa shape index (κ2) is 10.6. The van der Waals surface area contributed by atoms with E-state index >= 15 is 0 Å². The highest BCUT2D eigenvalue weighted by molar-refractivity contribution is 7.89. The fourth-order valence-corrected chi connectivity index (χ4v) is 5.23. The molecule has 0 aliphatic carbocycles. The largest absolute Gasteiger partial charge is 0.326 e. The summed E-state index contributed by atoms with van der Waals surface area (Å²) in [5.41, 5.74) is 6.55. The van der Waals surface area contributed by atoms with Crippen molar-refractivity contribution in [3.63, 3.8) is 0 Å². The van der Waals surface area contributed by atoms with Crippen molar-refractivity contribution in [1.29, 1.82) is 0 Å². The number of fused-ring (bicyclic) bond motifs is 1. The molecule has 0 bridgehead atoms. The number of carbonyl (C=O) groups excluding carboxylic acids is 3. The smallest absolute Gasteiger partial charge is 0.269 e. The number of sulfonamides is 1. The van der Waals surface area contributed by atoms with E-state index in [1.807, 2.05) is 24.3 Å². The van der Waals surface area contributed by atoms with Crippen LogP contribution in [-0.2, 0) is 26.0 Å². The molecular weight excluding hydrogens is 444 g/mol. The van der Waals surface area contributed by atoms with Crippen molar-refractivity contribution in [2.24, 2.45) is 5.92 Å². The highest BCUT2D eigenvalue weighted by atomic mass is 32.2. The maximum Gasteiger partial charge on any atom is 0.269 e. The Labute approximate surface area is 193 Å². The molecular formula is C23H28N4O5S. The molecule has 1 unspecified atom stereocenters. The average Bonchev–Trinajstić information content (AvgIpc) is 2.81. The minimum Gasteiger partial charge on any atom is -0.326 e. The van der Waals surface area contributed by atoms with Crippen molar-refractivity contribution < 1.29 is 22.8 Å². The lowest BCUT2D eigenvalue weighted by Crippen LogP contribution is -2.42. The van der Waals surface area contributed by atoms with Gasteiger partial charge in [0.05, 0.1) is 4.90 Å². The van der Waals surface area contributed by atoms with Gasteiger partial charge in [0.2, 0.25) is 21.8 Å². The first-order valence-corrected chi connectivity index (χ1v) is 12.3. The number of amides is 3. The zero-order chi connectivity index (χ0) is 24.0. The van der Waals surface area contributed by atoms with Gasteiger partial charge in [0.1, 0.15) is 0 Å². The Kier molecular flexibility index (Phi) is 7.83. The Morgan fingerprint density at radius 1 is 1.06 bits per heavy atom. The molecule has 3 rings (SSSR count). The number of benzene rings is 2. The maximum atomic E-state index is 12.7. The van der Waals surface area contributed by atoms with Gasteiger partial charge in [-0.15, -0.1) is 0 Å². The summed E-state index contributed by atoms with van der Waals surface area (Å²) in [5, 5.41) is 2.85. The van der Waals surface area contributed by atoms with Crippen molar-refractivity contribution >= 4 is 33.4 Å². The summed E-state index contributed by atoms with van der Waals surface area (Å²) in [6.07, 6.45) is 0.936. The van der Waals surface area contributed by atoms with Gasteiger partial charge in [0.15, 0.2) is 0 Å². The number of para-hydroxylation sites is 1. The molecule has 1 atom stereocenters. The standard InChI is InChI=1S/C23H28N4O5S/c1-3-27(4-2)33(31,32)19-10-7-9-17(15-19)23(30)26-25-21(28)13-12-18-14-16-8-5-6-11-20(16)24-22(18)29/h5-11,15,18H,3-4,12-14H2,1-2H3,(H,24,29)(H,25,28)(H,26,30). The number of anilines is 1. The van der Waals surface area contributed by atoms with Gasteiger partial charge >= 0.3 is 0 Å². The SMILES string of the molecule is CCN(CC)S(=O)(=O)c1cccc(C(=O)NNC(=O)CCC2Cc3ccccc3NC2=O)c1. The normalized spacial score (nSPS) is 15.5. The maximum absolute atomic E-state index is 12.7. The van der Waals surface area contributed by atoms with E-state index in [4.69, 9.17) is 0 Å². The summed E-state index contributed by atoms with van der Waals surface area (Å²) < 4.78 is 26.6. The predicted molar refractivity (Wildman–Crippen MR) is 124 cm³/mol. The van der Waals surface area contributed by atoms with Gasteiger partial charge in [0, 0.05) is 36.7 Å². The molecule has 0 aromatic heterocycles. The molecule has 0 fully saturated rings. The van der Waals surface area contributed by atoms with E-state index in [0.717, 1.165) is 11.3 Å². The lowest BCUT2D eigenvalue weighted by Gasteiger charge is -2.24. The Bertz CT molecular complexity index is 1150. The summed E-state index contributed by atoms with van der Waals surface area (Å²) in [6, 6.07) is 13.2. The van der Waals surface area contributed by atoms with Crippen LogP contribution in [0.25, 0.3) is 0 Å². The van der Waals surface area contributed by atoms with Gasteiger partial charge in [-0.2, -0.15) is 4.31 Å². The summed E-state index contributed by atoms with van der Waals surface area (Å²) in [6.45, 7) is 4.11. The third-order valence-corrected chi connectivity index (χ3v) is 7.63. The molecule has 10 heteroatoms. The quantitative estimate of drug-likeness (QED) is 0.507. The minimum absolute atomic E-state index is 0.00812. The zero-order valence-electron chi connectivity index (χ0n) is 18.6. The minimum atomic E-state index is -3.71. The van der Waals surface area contributed by atoms with Gasteiger partial charge in [-0.1, -0.05) is 38.1 Å². The molecule has 0 saturated carbocycles. The Morgan fingerprint density at radius 3 is 2.52 bits per heavy atom. The van der Waals surface area contributed by atoms with Crippen LogP contribution in [-0.4, -0.2) is 43.5 Å². The van der Waals surface area contributed by atoms with Gasteiger partial charge < -0.3 is 5.32 Å². The molecule has 0 saturated heterocycles. The van der Waals surface area contributed by atoms with Crippen LogP contribution in [0.5, 0.6) is 0 Å². The van der Waals surface area contributed by atoms with E-state index in [2.05, 4.69) is 16.2 Å². The first-order valence-electron chi connectivity index (χ1n) is 10.8. The van der Waals surface area contributed by atoms with Crippen LogP contribution < -0.4 is 16.2 Å². The van der Waals surface area contributed by atoms with Gasteiger partial charge in [-0.25, -0.2) is 8.42 Å². The Morgan fingerprint density at radius 2 is 1.79 bits per heavy atom. The third-order valence-electron chi connectivity index (χ3n) is 5.59. The lowest BCUT2D eigenvalue weighted by atomic mass is 9.89. The fraction of sp³-hybridized carbons (Fsp3) is 0.348. The number of hydrogen-bond acceptors (Lipinski definition) is 5. The topological polar surface area (TPSA) is 125 Å². The van der Waals surface area contributed by atoms with Crippen LogP contribution >= 0.6 is 0 Å². The van der Waals surface area contributed by atoms with Gasteiger partial charge in [0.25, 0.3) is 5.91 Å². The van der Waals surface area contributed by atoms with E-state index in [-0.39, 0.29) is 28.7 Å². The summed E-state index contributed by atoms with van der Waals surface area (Å²) >= 11 is 0. The van der Waals surface area contributed by atoms with E-state index in [0.29, 0.717) is 25.9 Å². The van der Waals surface area contributed by atoms with E-state index in [1.54, 1.807) is 13.8 Å². The molecule has 2 aromatic carbocycles. The molecule has 1 heterocycles. The van der Waals surface area contributed by atoms with Crippen LogP contribution in [0.3, 0.4) is 0 Å². The molecule has 0 spiro atoms. The Balaban J connectivity index is 1.54. The molecule has 1 aliphatic heterocycles. The molecule has 3 amide bonds. The van der Waals surface area contributed by atoms with Crippen molar-refractivity contribution in [2.75, 3.05) is 18.4 Å². The summed E-state index contributed by atoms with van der Waals surface area (Å²) in [4.78, 5) is 36.9. The number of hydrazine groups is 1. The predicted octanol–water partition coefficient (Wildman–Crippen LogP) is 2.07. The molecule has 9 nitrogen and oxygen atoms in total. The number of hydrogen-bond donors (Lipinski definition) is 3. The second-order valence-electron chi connectivity index (χ2n) is 7.71. The van der Waals surface area contributed by atoms with E-state index < -0.39 is 21.8 Å². The van der Waals surface area contributed by atoms with Crippen molar-refractivity contribution in [3.8, 4) is 0 Å². The summed E-state index contributed by atoms with van der Waals surface area (Å²) in [7, 11) is -3.71. The van der Waals surface area contributed by atoms with Crippen molar-refractivity contribution in [3.05, 3.63) is 59.7 Å². The van der Waals surface area contributed by atoms with Crippen LogP contribution in [0.2, 0.25) is 0 Å². The first-order chi connectivity index (χ1) is 15.8. The molecule has 2 aromatic rings. The van der Waals surface area contributed by atoms with Gasteiger partial charge in [-0.3, -0.25) is 25.2 Å². The molecule has 0 radical (unpaired) electrons. The lowest BCUT2D eigenvalue weighted by molar-refractivity contribution is -0.123. The third kappa shape index (κ3) is 5.77. The van der Waals surface area contributed by atoms with Crippen molar-refractivity contribution in [1.82, 2.24) is 15.2 Å². The van der Waals surface area contributed by atoms with Crippen molar-refractivity contribution in [2.45, 2.75) is 38.0 Å². The second-order valence-corrected chi connectivity index (χ2v) is 9.64. The first kappa shape index (κ1) is 24.4. The average molecular weight is 473 g/mol. The monoisotopic (exact) mass is 472 g/mol. The van der Waals surface area contributed by atoms with Gasteiger partial charge in [-0.05, 0) is 42.7 Å². The molecule has 176 valence electrons. The number of rotatable bonds is 8. The van der Waals surface area contributed by atoms with Crippen LogP contribution in [0.4, 0.5) is 5.69 Å². The number of nitrogens with zero attached hydrogens (tertiary/aromatic N) is 1. The van der Waals surface area contributed by atoms with E-state index in [1.165, 1.54) is 28.6 Å². The number of nitrogens with one attached hydrogen (secondary N) is 3. The number of carbonyl (C=O) groups is 3. The van der Waals surface area contributed by atoms with Crippen LogP contribution in [0.1, 0.15) is 42.6 Å². The molecule has 33 heavy (non-hydrogen) atoms. The molecule has 3 N–H and O–H groups in total. The summed E-state index contributed by atoms with van der Waals surface area (Å²) in [5.74, 6) is -1.54. The van der Waals surface area contributed by atoms with Crippen LogP contribution in [0, 0.1) is 5.92 Å². The highest BCUT2D eigenvalue weighted by Crippen LogP contribution is 2.27. The Hall–Kier alpha value is -3.24.